The molecule has 0 radical (unpaired) electrons. The molecule has 3 aromatic rings. The number of furan rings is 1. The Morgan fingerprint density at radius 2 is 1.75 bits per heavy atom. The molecule has 5 nitrogen and oxygen atoms in total. The second-order valence-corrected chi connectivity index (χ2v) is 4.90. The van der Waals surface area contributed by atoms with Crippen LogP contribution >= 0.6 is 0 Å². The lowest BCUT2D eigenvalue weighted by atomic mass is 10.2. The summed E-state index contributed by atoms with van der Waals surface area (Å²) in [4.78, 5) is 12.2. The fourth-order valence-corrected chi connectivity index (χ4v) is 2.06. The highest BCUT2D eigenvalue weighted by molar-refractivity contribution is 5.89. The highest BCUT2D eigenvalue weighted by Crippen LogP contribution is 2.19. The van der Waals surface area contributed by atoms with Crippen LogP contribution in [0.4, 0.5) is 0 Å². The van der Waals surface area contributed by atoms with Crippen molar-refractivity contribution in [3.63, 3.8) is 0 Å². The van der Waals surface area contributed by atoms with Crippen LogP contribution in [0.3, 0.4) is 0 Å². The van der Waals surface area contributed by atoms with Crippen LogP contribution in [0.25, 0.3) is 0 Å². The van der Waals surface area contributed by atoms with E-state index in [1.165, 1.54) is 6.26 Å². The first kappa shape index (κ1) is 15.4. The van der Waals surface area contributed by atoms with Gasteiger partial charge in [0.1, 0.15) is 18.1 Å². The molecule has 3 rings (SSSR count). The molecule has 0 aliphatic heterocycles. The monoisotopic (exact) mass is 319 g/mol. The standard InChI is InChI=1S/C19H13NO4/c20-12-14-6-8-17(9-7-14)24-19(21)18-15(10-11-22-18)13-23-16-4-2-1-3-5-16/h1-11H,13H2. The fourth-order valence-electron chi connectivity index (χ4n) is 2.06. The summed E-state index contributed by atoms with van der Waals surface area (Å²) in [6.45, 7) is 0.193. The molecule has 0 aliphatic rings. The maximum Gasteiger partial charge on any atom is 0.380 e. The molecule has 1 heterocycles. The first-order valence-electron chi connectivity index (χ1n) is 7.23. The zero-order valence-electron chi connectivity index (χ0n) is 12.6. The number of para-hydroxylation sites is 1. The molecule has 5 heteroatoms. The van der Waals surface area contributed by atoms with Crippen molar-refractivity contribution >= 4 is 5.97 Å². The molecule has 0 unspecified atom stereocenters. The van der Waals surface area contributed by atoms with Crippen molar-refractivity contribution in [2.24, 2.45) is 0 Å². The van der Waals surface area contributed by atoms with Crippen LogP contribution in [-0.2, 0) is 6.61 Å². The lowest BCUT2D eigenvalue weighted by Gasteiger charge is -2.06. The Morgan fingerprint density at radius 1 is 1.00 bits per heavy atom. The number of hydrogen-bond acceptors (Lipinski definition) is 5. The molecular formula is C19H13NO4. The molecule has 0 saturated heterocycles. The van der Waals surface area contributed by atoms with Gasteiger partial charge in [-0.1, -0.05) is 18.2 Å². The Bertz CT molecular complexity index is 860. The van der Waals surface area contributed by atoms with Crippen molar-refractivity contribution in [1.29, 1.82) is 5.26 Å². The molecule has 24 heavy (non-hydrogen) atoms. The van der Waals surface area contributed by atoms with E-state index in [4.69, 9.17) is 19.2 Å². The lowest BCUT2D eigenvalue weighted by Crippen LogP contribution is -2.10. The topological polar surface area (TPSA) is 72.5 Å². The van der Waals surface area contributed by atoms with E-state index in [1.807, 2.05) is 36.4 Å². The van der Waals surface area contributed by atoms with Crippen LogP contribution in [0.2, 0.25) is 0 Å². The Hall–Kier alpha value is -3.52. The van der Waals surface area contributed by atoms with E-state index in [0.29, 0.717) is 22.6 Å². The number of esters is 1. The van der Waals surface area contributed by atoms with Crippen LogP contribution < -0.4 is 9.47 Å². The molecule has 0 bridgehead atoms. The second-order valence-electron chi connectivity index (χ2n) is 4.90. The van der Waals surface area contributed by atoms with E-state index < -0.39 is 5.97 Å². The maximum absolute atomic E-state index is 12.2. The van der Waals surface area contributed by atoms with Gasteiger partial charge in [0.2, 0.25) is 5.76 Å². The van der Waals surface area contributed by atoms with Crippen LogP contribution in [0.5, 0.6) is 11.5 Å². The van der Waals surface area contributed by atoms with Crippen molar-refractivity contribution in [3.8, 4) is 17.6 Å². The van der Waals surface area contributed by atoms with Crippen molar-refractivity contribution < 1.29 is 18.7 Å². The molecular weight excluding hydrogens is 306 g/mol. The molecule has 0 amide bonds. The van der Waals surface area contributed by atoms with E-state index in [9.17, 15) is 4.79 Å². The average Bonchev–Trinajstić information content (AvgIpc) is 3.10. The normalized spacial score (nSPS) is 9.96. The molecule has 0 atom stereocenters. The van der Waals surface area contributed by atoms with E-state index in [2.05, 4.69) is 0 Å². The zero-order chi connectivity index (χ0) is 16.8. The quantitative estimate of drug-likeness (QED) is 0.526. The molecule has 0 aliphatic carbocycles. The second kappa shape index (κ2) is 7.16. The minimum Gasteiger partial charge on any atom is -0.489 e. The fraction of sp³-hybridized carbons (Fsp3) is 0.0526. The van der Waals surface area contributed by atoms with E-state index in [-0.39, 0.29) is 12.4 Å². The Morgan fingerprint density at radius 3 is 2.46 bits per heavy atom. The highest BCUT2D eigenvalue weighted by atomic mass is 16.5. The Kier molecular flexibility index (Phi) is 4.59. The maximum atomic E-state index is 12.2. The predicted molar refractivity (Wildman–Crippen MR) is 85.6 cm³/mol. The largest absolute Gasteiger partial charge is 0.489 e. The molecule has 2 aromatic carbocycles. The first-order chi connectivity index (χ1) is 11.8. The number of ether oxygens (including phenoxy) is 2. The van der Waals surface area contributed by atoms with Gasteiger partial charge in [0.15, 0.2) is 0 Å². The predicted octanol–water partition coefficient (Wildman–Crippen LogP) is 3.95. The number of carbonyl (C=O) groups excluding carboxylic acids is 1. The number of nitriles is 1. The van der Waals surface area contributed by atoms with Crippen LogP contribution in [0, 0.1) is 11.3 Å². The number of rotatable bonds is 5. The first-order valence-corrected chi connectivity index (χ1v) is 7.23. The van der Waals surface area contributed by atoms with Gasteiger partial charge in [-0.25, -0.2) is 4.79 Å². The summed E-state index contributed by atoms with van der Waals surface area (Å²) >= 11 is 0. The van der Waals surface area contributed by atoms with Crippen LogP contribution in [0.1, 0.15) is 21.7 Å². The van der Waals surface area contributed by atoms with Gasteiger partial charge in [-0.2, -0.15) is 5.26 Å². The third kappa shape index (κ3) is 3.62. The smallest absolute Gasteiger partial charge is 0.380 e. The number of carbonyl (C=O) groups is 1. The number of hydrogen-bond donors (Lipinski definition) is 0. The molecule has 0 fully saturated rings. The van der Waals surface area contributed by atoms with Gasteiger partial charge in [-0.15, -0.1) is 0 Å². The van der Waals surface area contributed by atoms with Crippen molar-refractivity contribution in [2.75, 3.05) is 0 Å². The minimum atomic E-state index is -0.614. The zero-order valence-corrected chi connectivity index (χ0v) is 12.6. The number of nitrogens with zero attached hydrogens (tertiary/aromatic N) is 1. The summed E-state index contributed by atoms with van der Waals surface area (Å²) in [6.07, 6.45) is 1.42. The Labute approximate surface area is 138 Å². The molecule has 0 saturated carbocycles. The van der Waals surface area contributed by atoms with Crippen molar-refractivity contribution in [1.82, 2.24) is 0 Å². The number of benzene rings is 2. The molecule has 118 valence electrons. The summed E-state index contributed by atoms with van der Waals surface area (Å²) in [5, 5.41) is 8.76. The molecule has 0 N–H and O–H groups in total. The summed E-state index contributed by atoms with van der Waals surface area (Å²) in [5.74, 6) is 0.516. The summed E-state index contributed by atoms with van der Waals surface area (Å²) in [6, 6.07) is 19.2. The van der Waals surface area contributed by atoms with Crippen LogP contribution in [0.15, 0.2) is 71.3 Å². The van der Waals surface area contributed by atoms with Gasteiger partial charge in [0.05, 0.1) is 17.9 Å². The van der Waals surface area contributed by atoms with Crippen molar-refractivity contribution in [3.05, 3.63) is 83.8 Å². The van der Waals surface area contributed by atoms with Gasteiger partial charge in [-0.05, 0) is 42.5 Å². The molecule has 1 aromatic heterocycles. The van der Waals surface area contributed by atoms with E-state index in [1.54, 1.807) is 30.3 Å². The molecule has 0 spiro atoms. The van der Waals surface area contributed by atoms with Gasteiger partial charge in [0, 0.05) is 5.56 Å². The Balaban J connectivity index is 1.67. The summed E-state index contributed by atoms with van der Waals surface area (Å²) in [5.41, 5.74) is 1.09. The third-order valence-corrected chi connectivity index (χ3v) is 3.26. The highest BCUT2D eigenvalue weighted by Gasteiger charge is 2.18. The van der Waals surface area contributed by atoms with Gasteiger partial charge in [0.25, 0.3) is 0 Å². The van der Waals surface area contributed by atoms with Gasteiger partial charge >= 0.3 is 5.97 Å². The third-order valence-electron chi connectivity index (χ3n) is 3.26. The van der Waals surface area contributed by atoms with Gasteiger partial charge < -0.3 is 13.9 Å². The van der Waals surface area contributed by atoms with Crippen LogP contribution in [-0.4, -0.2) is 5.97 Å². The van der Waals surface area contributed by atoms with Crippen molar-refractivity contribution in [2.45, 2.75) is 6.61 Å². The average molecular weight is 319 g/mol. The van der Waals surface area contributed by atoms with E-state index >= 15 is 0 Å². The lowest BCUT2D eigenvalue weighted by molar-refractivity contribution is 0.0697. The SMILES string of the molecule is N#Cc1ccc(OC(=O)c2occc2COc2ccccc2)cc1. The summed E-state index contributed by atoms with van der Waals surface area (Å²) < 4.78 is 16.1. The van der Waals surface area contributed by atoms with Gasteiger partial charge in [-0.3, -0.25) is 0 Å². The summed E-state index contributed by atoms with van der Waals surface area (Å²) in [7, 11) is 0. The minimum absolute atomic E-state index is 0.0929. The van der Waals surface area contributed by atoms with E-state index in [0.717, 1.165) is 0 Å².